The predicted octanol–water partition coefficient (Wildman–Crippen LogP) is 4.31. The van der Waals surface area contributed by atoms with Crippen LogP contribution >= 0.6 is 15.9 Å². The van der Waals surface area contributed by atoms with E-state index in [1.165, 1.54) is 16.7 Å². The number of hydrogen-bond donors (Lipinski definition) is 0. The summed E-state index contributed by atoms with van der Waals surface area (Å²) >= 11 is 3.48. The summed E-state index contributed by atoms with van der Waals surface area (Å²) in [5.41, 5.74) is 4.06. The Hall–Kier alpha value is -1.32. The van der Waals surface area contributed by atoms with Crippen LogP contribution in [0.3, 0.4) is 0 Å². The largest absolute Gasteiger partial charge is 0.492 e. The minimum absolute atomic E-state index is 0.728. The topological polar surface area (TPSA) is 12.5 Å². The number of rotatable bonds is 8. The highest BCUT2D eigenvalue weighted by molar-refractivity contribution is 9.08. The third kappa shape index (κ3) is 5.82. The fraction of sp³-hybridized carbons (Fsp3) is 0.368. The number of nitrogens with zero attached hydrogens (tertiary/aromatic N) is 1. The molecule has 2 aromatic carbocycles. The van der Waals surface area contributed by atoms with Gasteiger partial charge in [0, 0.05) is 11.9 Å². The van der Waals surface area contributed by atoms with Crippen molar-refractivity contribution >= 4 is 15.9 Å². The lowest BCUT2D eigenvalue weighted by Gasteiger charge is -2.11. The minimum atomic E-state index is 0.728. The van der Waals surface area contributed by atoms with Crippen LogP contribution in [0.15, 0.2) is 48.5 Å². The fourth-order valence-electron chi connectivity index (χ4n) is 2.18. The van der Waals surface area contributed by atoms with Crippen LogP contribution in [0, 0.1) is 0 Å². The molecule has 3 heteroatoms. The molecular formula is C19H24BrNO. The normalized spacial score (nSPS) is 10.9. The van der Waals surface area contributed by atoms with Gasteiger partial charge in [0.2, 0.25) is 0 Å². The zero-order chi connectivity index (χ0) is 15.8. The van der Waals surface area contributed by atoms with Crippen LogP contribution in [0.25, 0.3) is 0 Å². The zero-order valence-electron chi connectivity index (χ0n) is 13.4. The van der Waals surface area contributed by atoms with Crippen molar-refractivity contribution < 1.29 is 4.74 Å². The third-order valence-corrected chi connectivity index (χ3v) is 4.26. The first-order valence-electron chi connectivity index (χ1n) is 7.67. The fourth-order valence-corrected chi connectivity index (χ4v) is 2.56. The van der Waals surface area contributed by atoms with E-state index in [1.54, 1.807) is 0 Å². The molecule has 2 aromatic rings. The van der Waals surface area contributed by atoms with Crippen molar-refractivity contribution in [3.63, 3.8) is 0 Å². The zero-order valence-corrected chi connectivity index (χ0v) is 15.0. The van der Waals surface area contributed by atoms with E-state index in [4.69, 9.17) is 4.74 Å². The van der Waals surface area contributed by atoms with Crippen LogP contribution in [-0.2, 0) is 18.2 Å². The van der Waals surface area contributed by atoms with Crippen molar-refractivity contribution in [2.75, 3.05) is 27.2 Å². The monoisotopic (exact) mass is 361 g/mol. The highest BCUT2D eigenvalue weighted by Crippen LogP contribution is 2.15. The summed E-state index contributed by atoms with van der Waals surface area (Å²) in [7, 11) is 4.10. The summed E-state index contributed by atoms with van der Waals surface area (Å²) in [6.07, 6.45) is 2.13. The Kier molecular flexibility index (Phi) is 6.94. The summed E-state index contributed by atoms with van der Waals surface area (Å²) < 4.78 is 5.71. The van der Waals surface area contributed by atoms with Gasteiger partial charge >= 0.3 is 0 Å². The van der Waals surface area contributed by atoms with E-state index in [-0.39, 0.29) is 0 Å². The first-order chi connectivity index (χ1) is 10.7. The van der Waals surface area contributed by atoms with E-state index in [1.807, 2.05) is 0 Å². The van der Waals surface area contributed by atoms with E-state index in [9.17, 15) is 0 Å². The maximum absolute atomic E-state index is 5.71. The van der Waals surface area contributed by atoms with Gasteiger partial charge in [0.15, 0.2) is 0 Å². The predicted molar refractivity (Wildman–Crippen MR) is 97.0 cm³/mol. The number of halogens is 1. The summed E-state index contributed by atoms with van der Waals surface area (Å²) in [5.74, 6) is 0.951. The van der Waals surface area contributed by atoms with Gasteiger partial charge in [-0.25, -0.2) is 0 Å². The van der Waals surface area contributed by atoms with E-state index >= 15 is 0 Å². The number of benzene rings is 2. The molecule has 22 heavy (non-hydrogen) atoms. The number of likely N-dealkylation sites (N-methyl/N-ethyl adjacent to an activating group) is 1. The Morgan fingerprint density at radius 1 is 0.818 bits per heavy atom. The van der Waals surface area contributed by atoms with Gasteiger partial charge in [0.1, 0.15) is 12.4 Å². The quantitative estimate of drug-likeness (QED) is 0.649. The highest BCUT2D eigenvalue weighted by Gasteiger charge is 1.99. The molecule has 0 aliphatic carbocycles. The molecule has 0 saturated heterocycles. The second-order valence-electron chi connectivity index (χ2n) is 5.75. The molecule has 0 aliphatic heterocycles. The Labute approximate surface area is 142 Å². The first kappa shape index (κ1) is 17.0. The summed E-state index contributed by atoms with van der Waals surface area (Å²) in [5, 5.41) is 0.919. The molecule has 0 atom stereocenters. The molecule has 0 spiro atoms. The van der Waals surface area contributed by atoms with Crippen LogP contribution in [0.1, 0.15) is 16.7 Å². The van der Waals surface area contributed by atoms with Crippen molar-refractivity contribution in [3.05, 3.63) is 65.2 Å². The molecule has 0 aromatic heterocycles. The molecule has 0 fully saturated rings. The maximum atomic E-state index is 5.71. The molecule has 118 valence electrons. The van der Waals surface area contributed by atoms with Gasteiger partial charge in [-0.2, -0.15) is 0 Å². The van der Waals surface area contributed by atoms with Crippen LogP contribution < -0.4 is 4.74 Å². The van der Waals surface area contributed by atoms with Crippen molar-refractivity contribution in [2.24, 2.45) is 0 Å². The molecule has 0 bridgehead atoms. The highest BCUT2D eigenvalue weighted by atomic mass is 79.9. The Morgan fingerprint density at radius 2 is 1.32 bits per heavy atom. The van der Waals surface area contributed by atoms with Crippen LogP contribution in [0.5, 0.6) is 5.75 Å². The average molecular weight is 362 g/mol. The van der Waals surface area contributed by atoms with Gasteiger partial charge in [0.25, 0.3) is 0 Å². The molecule has 2 rings (SSSR count). The maximum Gasteiger partial charge on any atom is 0.119 e. The lowest BCUT2D eigenvalue weighted by atomic mass is 10.0. The van der Waals surface area contributed by atoms with Crippen molar-refractivity contribution in [3.8, 4) is 5.75 Å². The first-order valence-corrected chi connectivity index (χ1v) is 8.80. The summed E-state index contributed by atoms with van der Waals surface area (Å²) in [6, 6.07) is 17.3. The summed E-state index contributed by atoms with van der Waals surface area (Å²) in [4.78, 5) is 2.12. The van der Waals surface area contributed by atoms with Gasteiger partial charge in [-0.1, -0.05) is 52.3 Å². The van der Waals surface area contributed by atoms with Gasteiger partial charge in [-0.15, -0.1) is 0 Å². The van der Waals surface area contributed by atoms with Gasteiger partial charge in [0.05, 0.1) is 0 Å². The van der Waals surface area contributed by atoms with E-state index in [0.29, 0.717) is 0 Å². The van der Waals surface area contributed by atoms with Crippen LogP contribution in [0.2, 0.25) is 0 Å². The average Bonchev–Trinajstić information content (AvgIpc) is 2.54. The molecule has 0 radical (unpaired) electrons. The molecule has 0 heterocycles. The number of hydrogen-bond acceptors (Lipinski definition) is 2. The molecule has 0 unspecified atom stereocenters. The van der Waals surface area contributed by atoms with E-state index in [0.717, 1.165) is 37.1 Å². The van der Waals surface area contributed by atoms with E-state index in [2.05, 4.69) is 83.5 Å². The Morgan fingerprint density at radius 3 is 1.82 bits per heavy atom. The number of alkyl halides is 1. The smallest absolute Gasteiger partial charge is 0.119 e. The van der Waals surface area contributed by atoms with Gasteiger partial charge < -0.3 is 9.64 Å². The van der Waals surface area contributed by atoms with Crippen molar-refractivity contribution in [1.82, 2.24) is 4.90 Å². The minimum Gasteiger partial charge on any atom is -0.492 e. The number of ether oxygens (including phenoxy) is 1. The van der Waals surface area contributed by atoms with Crippen molar-refractivity contribution in [2.45, 2.75) is 18.2 Å². The molecule has 0 saturated carbocycles. The SMILES string of the molecule is CN(C)CCOc1ccc(CCc2ccc(CBr)cc2)cc1. The molecular weight excluding hydrogens is 338 g/mol. The molecule has 0 N–H and O–H groups in total. The Balaban J connectivity index is 1.80. The number of aryl methyl sites for hydroxylation is 2. The lowest BCUT2D eigenvalue weighted by molar-refractivity contribution is 0.261. The summed E-state index contributed by atoms with van der Waals surface area (Å²) in [6.45, 7) is 1.67. The molecule has 0 aliphatic rings. The molecule has 2 nitrogen and oxygen atoms in total. The second kappa shape index (κ2) is 8.96. The van der Waals surface area contributed by atoms with E-state index < -0.39 is 0 Å². The second-order valence-corrected chi connectivity index (χ2v) is 6.31. The van der Waals surface area contributed by atoms with Gasteiger partial charge in [-0.05, 0) is 55.8 Å². The van der Waals surface area contributed by atoms with Crippen molar-refractivity contribution in [1.29, 1.82) is 0 Å². The van der Waals surface area contributed by atoms with Crippen LogP contribution in [0.4, 0.5) is 0 Å². The lowest BCUT2D eigenvalue weighted by Crippen LogP contribution is -2.19. The van der Waals surface area contributed by atoms with Gasteiger partial charge in [-0.3, -0.25) is 0 Å². The standard InChI is InChI=1S/C19H24BrNO/c1-21(2)13-14-22-19-11-9-17(10-12-19)4-3-16-5-7-18(15-20)8-6-16/h5-12H,3-4,13-15H2,1-2H3. The molecule has 0 amide bonds. The Bertz CT molecular complexity index is 549. The third-order valence-electron chi connectivity index (χ3n) is 3.61. The van der Waals surface area contributed by atoms with Crippen LogP contribution in [-0.4, -0.2) is 32.1 Å².